The molecule has 0 fully saturated rings. The number of hydrogen-bond acceptors (Lipinski definition) is 2. The molecular weight excluding hydrogens is 312 g/mol. The molecular formula is C14H34O2Si4. The van der Waals surface area contributed by atoms with Crippen molar-refractivity contribution in [1.82, 2.24) is 0 Å². The second-order valence-corrected chi connectivity index (χ2v) is 49.1. The van der Waals surface area contributed by atoms with E-state index in [0.717, 1.165) is 0 Å². The fourth-order valence-electron chi connectivity index (χ4n) is 4.36. The van der Waals surface area contributed by atoms with Crippen LogP contribution in [0.4, 0.5) is 0 Å². The number of carbonyl (C=O) groups excluding carboxylic acids is 1. The highest BCUT2D eigenvalue weighted by Gasteiger charge is 2.59. The molecule has 0 atom stereocenters. The van der Waals surface area contributed by atoms with Gasteiger partial charge in [0.05, 0.1) is 14.6 Å². The first kappa shape index (κ1) is 18.1. The lowest BCUT2D eigenvalue weighted by molar-refractivity contribution is -0.137. The van der Waals surface area contributed by atoms with Crippen molar-refractivity contribution in [3.8, 4) is 0 Å². The minimum Gasteiger partial charge on any atom is -0.463 e. The summed E-state index contributed by atoms with van der Waals surface area (Å²) in [6.45, 7) is 22.4. The fraction of sp³-hybridized carbons (Fsp3) is 0.786. The van der Waals surface area contributed by atoms with Crippen molar-refractivity contribution in [2.24, 2.45) is 0 Å². The molecule has 0 aliphatic carbocycles. The number of rotatable bonds is 6. The summed E-state index contributed by atoms with van der Waals surface area (Å²) < 4.78 is 13.3. The molecule has 0 radical (unpaired) electrons. The highest BCUT2D eigenvalue weighted by atomic mass is 29.9. The number of esters is 1. The Balaban J connectivity index is 6.32. The van der Waals surface area contributed by atoms with Crippen LogP contribution in [0.5, 0.6) is 0 Å². The van der Waals surface area contributed by atoms with Crippen LogP contribution in [0.3, 0.4) is 0 Å². The van der Waals surface area contributed by atoms with E-state index < -0.39 is 35.4 Å². The zero-order valence-corrected chi connectivity index (χ0v) is 19.1. The van der Waals surface area contributed by atoms with Crippen LogP contribution in [0, 0.1) is 0 Å². The maximum atomic E-state index is 12.0. The zero-order valence-electron chi connectivity index (χ0n) is 16.1. The van der Waals surface area contributed by atoms with Gasteiger partial charge in [-0.2, -0.15) is 0 Å². The number of ether oxygens (including phenoxy) is 1. The third-order valence-electron chi connectivity index (χ3n) is 4.23. The SMILES string of the molecule is [3H]/C(=C\[Si]([Si](C)(C)C)([Si](C)(C)C)[Si](C)(C)C)C(=O)OCC. The van der Waals surface area contributed by atoms with Crippen LogP contribution in [-0.4, -0.2) is 42.0 Å². The average Bonchev–Trinajstić information content (AvgIpc) is 2.20. The molecule has 0 aliphatic rings. The maximum absolute atomic E-state index is 12.0. The van der Waals surface area contributed by atoms with Crippen molar-refractivity contribution in [2.45, 2.75) is 65.8 Å². The Labute approximate surface area is 130 Å². The lowest BCUT2D eigenvalue weighted by Crippen LogP contribution is -2.81. The van der Waals surface area contributed by atoms with E-state index in [1.165, 1.54) is 0 Å². The van der Waals surface area contributed by atoms with Crippen molar-refractivity contribution < 1.29 is 10.9 Å². The molecule has 0 unspecified atom stereocenters. The van der Waals surface area contributed by atoms with Crippen molar-refractivity contribution >= 4 is 35.4 Å². The highest BCUT2D eigenvalue weighted by Crippen LogP contribution is 2.37. The van der Waals surface area contributed by atoms with Gasteiger partial charge in [0.15, 0.2) is 0 Å². The maximum Gasteiger partial charge on any atom is 0.329 e. The molecule has 0 heterocycles. The first-order valence-corrected chi connectivity index (χ1v) is 23.1. The average molecular weight is 349 g/mol. The summed E-state index contributed by atoms with van der Waals surface area (Å²) in [5.74, 6) is -0.441. The van der Waals surface area contributed by atoms with Gasteiger partial charge >= 0.3 is 5.97 Å². The normalized spacial score (nSPS) is 15.9. The molecule has 0 aliphatic heterocycles. The van der Waals surface area contributed by atoms with Gasteiger partial charge in [-0.25, -0.2) is 4.79 Å². The Hall–Kier alpha value is 0.0775. The molecule has 0 amide bonds. The highest BCUT2D eigenvalue weighted by molar-refractivity contribution is 7.90. The summed E-state index contributed by atoms with van der Waals surface area (Å²) in [7, 11) is -4.44. The Bertz CT molecular complexity index is 378. The predicted molar refractivity (Wildman–Crippen MR) is 102 cm³/mol. The van der Waals surface area contributed by atoms with Gasteiger partial charge in [-0.15, -0.1) is 0 Å². The largest absolute Gasteiger partial charge is 0.463 e. The van der Waals surface area contributed by atoms with Gasteiger partial charge in [-0.1, -0.05) is 64.6 Å². The second-order valence-electron chi connectivity index (χ2n) is 8.57. The van der Waals surface area contributed by atoms with E-state index in [1.807, 2.05) is 0 Å². The van der Waals surface area contributed by atoms with Crippen molar-refractivity contribution in [3.63, 3.8) is 0 Å². The van der Waals surface area contributed by atoms with E-state index in [2.05, 4.69) is 64.6 Å². The molecule has 2 nitrogen and oxygen atoms in total. The van der Waals surface area contributed by atoms with Crippen LogP contribution >= 0.6 is 0 Å². The minimum atomic E-state index is -1.79. The van der Waals surface area contributed by atoms with Gasteiger partial charge in [-0.05, 0) is 6.92 Å². The van der Waals surface area contributed by atoms with Crippen LogP contribution in [0.25, 0.3) is 0 Å². The summed E-state index contributed by atoms with van der Waals surface area (Å²) in [5.41, 5.74) is 2.16. The molecule has 0 aromatic carbocycles. The van der Waals surface area contributed by atoms with Gasteiger partial charge < -0.3 is 4.74 Å². The third kappa shape index (κ3) is 4.05. The first-order valence-electron chi connectivity index (χ1n) is 7.98. The summed E-state index contributed by atoms with van der Waals surface area (Å²) in [4.78, 5) is 12.0. The van der Waals surface area contributed by atoms with E-state index in [9.17, 15) is 4.79 Å². The monoisotopic (exact) mass is 348 g/mol. The molecule has 0 bridgehead atoms. The Morgan fingerprint density at radius 2 is 1.30 bits per heavy atom. The number of carbonyl (C=O) groups is 1. The molecule has 6 heteroatoms. The topological polar surface area (TPSA) is 26.3 Å². The van der Waals surface area contributed by atoms with Gasteiger partial charge in [0.25, 0.3) is 0 Å². The van der Waals surface area contributed by atoms with Crippen LogP contribution < -0.4 is 0 Å². The van der Waals surface area contributed by atoms with Crippen LogP contribution in [0.2, 0.25) is 58.9 Å². The Kier molecular flexibility index (Phi) is 5.85. The molecule has 0 saturated carbocycles. The van der Waals surface area contributed by atoms with E-state index in [4.69, 9.17) is 6.11 Å². The van der Waals surface area contributed by atoms with Gasteiger partial charge in [0.2, 0.25) is 0 Å². The lowest BCUT2D eigenvalue weighted by atomic mass is 10.6. The zero-order chi connectivity index (χ0) is 17.3. The standard InChI is InChI=1S/C14H34O2Si4/c1-11-16-14(15)12-13-20(17(2,3)4,18(5,6)7)19(8,9)10/h12-13H,11H2,1-10H3/b13-12+/i12T. The fourth-order valence-corrected chi connectivity index (χ4v) is 98.3. The number of hydrogen-bond donors (Lipinski definition) is 0. The van der Waals surface area contributed by atoms with Crippen LogP contribution in [0.15, 0.2) is 11.8 Å². The van der Waals surface area contributed by atoms with Crippen molar-refractivity contribution in [2.75, 3.05) is 6.61 Å². The summed E-state index contributed by atoms with van der Waals surface area (Å²) >= 11 is 0. The van der Waals surface area contributed by atoms with Gasteiger partial charge in [0, 0.05) is 28.8 Å². The van der Waals surface area contributed by atoms with Crippen molar-refractivity contribution in [3.05, 3.63) is 11.8 Å². The molecule has 118 valence electrons. The molecule has 20 heavy (non-hydrogen) atoms. The lowest BCUT2D eigenvalue weighted by Gasteiger charge is -2.55. The summed E-state index contributed by atoms with van der Waals surface area (Å²) in [6.07, 6.45) is 0. The van der Waals surface area contributed by atoms with Gasteiger partial charge in [0.1, 0.15) is 0 Å². The van der Waals surface area contributed by atoms with Crippen LogP contribution in [-0.2, 0) is 9.53 Å². The molecule has 0 rings (SSSR count). The van der Waals surface area contributed by atoms with Crippen molar-refractivity contribution in [1.29, 1.82) is 0 Å². The third-order valence-corrected chi connectivity index (χ3v) is 75.0. The quantitative estimate of drug-likeness (QED) is 0.405. The van der Waals surface area contributed by atoms with E-state index in [-0.39, 0.29) is 6.05 Å². The van der Waals surface area contributed by atoms with E-state index in [0.29, 0.717) is 6.61 Å². The van der Waals surface area contributed by atoms with E-state index in [1.54, 1.807) is 6.92 Å². The molecule has 0 aromatic rings. The molecule has 0 aromatic heterocycles. The molecule has 0 saturated heterocycles. The smallest absolute Gasteiger partial charge is 0.329 e. The summed E-state index contributed by atoms with van der Waals surface area (Å²) in [6, 6.07) is 0.121. The predicted octanol–water partition coefficient (Wildman–Crippen LogP) is 4.34. The molecule has 0 N–H and O–H groups in total. The summed E-state index contributed by atoms with van der Waals surface area (Å²) in [5, 5.41) is 0. The second kappa shape index (κ2) is 6.46. The van der Waals surface area contributed by atoms with Gasteiger partial charge in [-0.3, -0.25) is 0 Å². The Morgan fingerprint density at radius 3 is 1.55 bits per heavy atom. The van der Waals surface area contributed by atoms with E-state index >= 15 is 0 Å². The minimum absolute atomic E-state index is 0.121. The Morgan fingerprint density at radius 1 is 0.950 bits per heavy atom. The molecule has 0 spiro atoms. The first-order chi connectivity index (χ1) is 9.12. The van der Waals surface area contributed by atoms with Crippen LogP contribution in [0.1, 0.15) is 8.29 Å².